The molecule has 1 saturated carbocycles. The number of fused-ring (bicyclic) bond motifs is 1. The van der Waals surface area contributed by atoms with Gasteiger partial charge in [-0.05, 0) is 18.3 Å². The van der Waals surface area contributed by atoms with E-state index in [1.165, 1.54) is 0 Å². The van der Waals surface area contributed by atoms with Gasteiger partial charge in [0.2, 0.25) is 0 Å². The molecule has 0 radical (unpaired) electrons. The summed E-state index contributed by atoms with van der Waals surface area (Å²) in [6, 6.07) is 0. The molecule has 1 amide bonds. The summed E-state index contributed by atoms with van der Waals surface area (Å²) in [5, 5.41) is 0. The Bertz CT molecular complexity index is 215. The third kappa shape index (κ3) is 1.17. The predicted octanol–water partition coefficient (Wildman–Crippen LogP) is 1.03. The number of piperidine rings is 1. The molecule has 1 aliphatic heterocycles. The molecule has 2 nitrogen and oxygen atoms in total. The molecule has 0 bridgehead atoms. The molecule has 2 aliphatic rings. The van der Waals surface area contributed by atoms with Gasteiger partial charge in [0.05, 0.1) is 0 Å². The first kappa shape index (κ1) is 7.89. The monoisotopic (exact) mass is 179 g/mol. The normalized spacial score (nSPS) is 33.4. The van der Waals surface area contributed by atoms with Crippen LogP contribution in [0.15, 0.2) is 0 Å². The minimum Gasteiger partial charge on any atom is -0.334 e. The van der Waals surface area contributed by atoms with Gasteiger partial charge in [0.15, 0.2) is 0 Å². The van der Waals surface area contributed by atoms with E-state index in [1.807, 2.05) is 0 Å². The number of halogens is 3. The van der Waals surface area contributed by atoms with E-state index in [0.717, 1.165) is 11.3 Å². The summed E-state index contributed by atoms with van der Waals surface area (Å²) in [6.07, 6.45) is -3.68. The van der Waals surface area contributed by atoms with Crippen LogP contribution in [0.3, 0.4) is 0 Å². The third-order valence-electron chi connectivity index (χ3n) is 2.51. The molecule has 68 valence electrons. The van der Waals surface area contributed by atoms with Crippen LogP contribution in [0, 0.1) is 11.8 Å². The molecule has 2 rings (SSSR count). The molecular formula is C7H8F3NO. The molecule has 0 aromatic carbocycles. The summed E-state index contributed by atoms with van der Waals surface area (Å²) in [4.78, 5) is 11.5. The van der Waals surface area contributed by atoms with Crippen molar-refractivity contribution in [3.8, 4) is 0 Å². The maximum atomic E-state index is 11.9. The molecule has 1 saturated heterocycles. The second kappa shape index (κ2) is 2.14. The molecule has 5 heteroatoms. The lowest BCUT2D eigenvalue weighted by molar-refractivity contribution is -0.184. The highest BCUT2D eigenvalue weighted by molar-refractivity contribution is 5.82. The van der Waals surface area contributed by atoms with E-state index in [0.29, 0.717) is 24.9 Å². The summed E-state index contributed by atoms with van der Waals surface area (Å²) in [7, 11) is 0. The molecule has 12 heavy (non-hydrogen) atoms. The predicted molar refractivity (Wildman–Crippen MR) is 34.2 cm³/mol. The van der Waals surface area contributed by atoms with Gasteiger partial charge in [0, 0.05) is 13.1 Å². The highest BCUT2D eigenvalue weighted by atomic mass is 19.4. The standard InChI is InChI=1S/C7H8F3NO/c8-7(9,10)6(12)11-2-4-1-5(4)3-11/h4-5H,1-3H2. The van der Waals surface area contributed by atoms with Gasteiger partial charge in [-0.2, -0.15) is 13.2 Å². The number of carbonyl (C=O) groups is 1. The first-order chi connectivity index (χ1) is 5.48. The molecule has 1 aliphatic carbocycles. The number of rotatable bonds is 0. The molecule has 1 heterocycles. The summed E-state index contributed by atoms with van der Waals surface area (Å²) < 4.78 is 35.6. The Labute approximate surface area is 67.3 Å². The molecule has 2 unspecified atom stereocenters. The summed E-state index contributed by atoms with van der Waals surface area (Å²) in [5.74, 6) is -0.956. The smallest absolute Gasteiger partial charge is 0.334 e. The van der Waals surface area contributed by atoms with Crippen LogP contribution in [0.2, 0.25) is 0 Å². The van der Waals surface area contributed by atoms with Crippen molar-refractivity contribution in [2.24, 2.45) is 11.8 Å². The van der Waals surface area contributed by atoms with Crippen LogP contribution in [0.5, 0.6) is 0 Å². The van der Waals surface area contributed by atoms with Crippen molar-refractivity contribution < 1.29 is 18.0 Å². The zero-order valence-corrected chi connectivity index (χ0v) is 6.27. The lowest BCUT2D eigenvalue weighted by atomic mass is 10.4. The minimum absolute atomic E-state index is 0.309. The Morgan fingerprint density at radius 2 is 1.75 bits per heavy atom. The highest BCUT2D eigenvalue weighted by Gasteiger charge is 2.52. The van der Waals surface area contributed by atoms with Gasteiger partial charge in [0.25, 0.3) is 0 Å². The first-order valence-electron chi connectivity index (χ1n) is 3.84. The maximum Gasteiger partial charge on any atom is 0.471 e. The van der Waals surface area contributed by atoms with Crippen molar-refractivity contribution in [2.45, 2.75) is 12.6 Å². The van der Waals surface area contributed by atoms with Crippen LogP contribution in [-0.2, 0) is 4.79 Å². The number of alkyl halides is 3. The number of nitrogens with zero attached hydrogens (tertiary/aromatic N) is 1. The zero-order valence-electron chi connectivity index (χ0n) is 6.27. The van der Waals surface area contributed by atoms with Gasteiger partial charge in [-0.25, -0.2) is 0 Å². The van der Waals surface area contributed by atoms with Crippen LogP contribution in [0.1, 0.15) is 6.42 Å². The van der Waals surface area contributed by atoms with E-state index < -0.39 is 12.1 Å². The maximum absolute atomic E-state index is 11.9. The second-order valence-corrected chi connectivity index (χ2v) is 3.46. The van der Waals surface area contributed by atoms with Gasteiger partial charge in [-0.3, -0.25) is 4.79 Å². The van der Waals surface area contributed by atoms with E-state index in [-0.39, 0.29) is 0 Å². The summed E-state index contributed by atoms with van der Waals surface area (Å²) in [5.41, 5.74) is 0. The fourth-order valence-corrected chi connectivity index (χ4v) is 1.74. The van der Waals surface area contributed by atoms with Crippen LogP contribution < -0.4 is 0 Å². The van der Waals surface area contributed by atoms with Crippen molar-refractivity contribution in [1.29, 1.82) is 0 Å². The Kier molecular flexibility index (Phi) is 1.41. The average Bonchev–Trinajstić information content (AvgIpc) is 2.56. The third-order valence-corrected chi connectivity index (χ3v) is 2.51. The number of carbonyl (C=O) groups excluding carboxylic acids is 1. The largest absolute Gasteiger partial charge is 0.471 e. The zero-order chi connectivity index (χ0) is 8.93. The Morgan fingerprint density at radius 1 is 1.25 bits per heavy atom. The lowest BCUT2D eigenvalue weighted by Crippen LogP contribution is -2.40. The van der Waals surface area contributed by atoms with Gasteiger partial charge in [0.1, 0.15) is 0 Å². The van der Waals surface area contributed by atoms with Crippen molar-refractivity contribution >= 4 is 5.91 Å². The first-order valence-corrected chi connectivity index (χ1v) is 3.84. The molecule has 0 aromatic rings. The molecule has 0 spiro atoms. The van der Waals surface area contributed by atoms with Gasteiger partial charge in [-0.15, -0.1) is 0 Å². The number of hydrogen-bond acceptors (Lipinski definition) is 1. The van der Waals surface area contributed by atoms with Crippen molar-refractivity contribution in [3.63, 3.8) is 0 Å². The number of likely N-dealkylation sites (tertiary alicyclic amines) is 1. The SMILES string of the molecule is O=C(N1CC2CC2C1)C(F)(F)F. The molecule has 0 N–H and O–H groups in total. The van der Waals surface area contributed by atoms with Crippen molar-refractivity contribution in [2.75, 3.05) is 13.1 Å². The van der Waals surface area contributed by atoms with Crippen LogP contribution >= 0.6 is 0 Å². The number of amides is 1. The van der Waals surface area contributed by atoms with Gasteiger partial charge < -0.3 is 4.90 Å². The topological polar surface area (TPSA) is 20.3 Å². The Morgan fingerprint density at radius 3 is 2.17 bits per heavy atom. The Hall–Kier alpha value is -0.740. The van der Waals surface area contributed by atoms with E-state index in [1.54, 1.807) is 0 Å². The quantitative estimate of drug-likeness (QED) is 0.543. The second-order valence-electron chi connectivity index (χ2n) is 3.46. The van der Waals surface area contributed by atoms with Crippen LogP contribution in [0.4, 0.5) is 13.2 Å². The average molecular weight is 179 g/mol. The molecule has 0 aromatic heterocycles. The van der Waals surface area contributed by atoms with Gasteiger partial charge in [-0.1, -0.05) is 0 Å². The molecule has 2 fully saturated rings. The van der Waals surface area contributed by atoms with Crippen molar-refractivity contribution in [1.82, 2.24) is 4.90 Å². The van der Waals surface area contributed by atoms with Crippen LogP contribution in [0.25, 0.3) is 0 Å². The minimum atomic E-state index is -4.68. The number of hydrogen-bond donors (Lipinski definition) is 0. The van der Waals surface area contributed by atoms with Gasteiger partial charge >= 0.3 is 12.1 Å². The van der Waals surface area contributed by atoms with E-state index in [4.69, 9.17) is 0 Å². The molecule has 2 atom stereocenters. The fraction of sp³-hybridized carbons (Fsp3) is 0.857. The molecular weight excluding hydrogens is 171 g/mol. The van der Waals surface area contributed by atoms with E-state index in [2.05, 4.69) is 0 Å². The van der Waals surface area contributed by atoms with E-state index >= 15 is 0 Å². The summed E-state index contributed by atoms with van der Waals surface area (Å²) >= 11 is 0. The summed E-state index contributed by atoms with van der Waals surface area (Å²) in [6.45, 7) is 0.617. The van der Waals surface area contributed by atoms with Crippen molar-refractivity contribution in [3.05, 3.63) is 0 Å². The van der Waals surface area contributed by atoms with E-state index in [9.17, 15) is 18.0 Å². The lowest BCUT2D eigenvalue weighted by Gasteiger charge is -2.18. The highest BCUT2D eigenvalue weighted by Crippen LogP contribution is 2.45. The Balaban J connectivity index is 1.97. The fourth-order valence-electron chi connectivity index (χ4n) is 1.74. The van der Waals surface area contributed by atoms with Crippen LogP contribution in [-0.4, -0.2) is 30.1 Å².